The fourth-order valence-electron chi connectivity index (χ4n) is 5.16. The summed E-state index contributed by atoms with van der Waals surface area (Å²) in [5.74, 6) is -0.832. The number of hydrogen-bond donors (Lipinski definition) is 2. The highest BCUT2D eigenvalue weighted by molar-refractivity contribution is 5.76. The van der Waals surface area contributed by atoms with Crippen LogP contribution < -0.4 is 5.32 Å². The molecule has 2 saturated heterocycles. The second kappa shape index (κ2) is 8.11. The van der Waals surface area contributed by atoms with Crippen LogP contribution in [0.2, 0.25) is 0 Å². The largest absolute Gasteiger partial charge is 0.481 e. The van der Waals surface area contributed by atoms with E-state index in [0.717, 1.165) is 31.6 Å². The van der Waals surface area contributed by atoms with Crippen molar-refractivity contribution in [1.29, 1.82) is 0 Å². The Morgan fingerprint density at radius 3 is 2.64 bits per heavy atom. The van der Waals surface area contributed by atoms with Gasteiger partial charge >= 0.3 is 12.0 Å². The predicted octanol–water partition coefficient (Wildman–Crippen LogP) is 3.21. The fourth-order valence-corrected chi connectivity index (χ4v) is 5.16. The molecule has 0 bridgehead atoms. The molecule has 0 aromatic heterocycles. The molecule has 2 amide bonds. The molecule has 3 unspecified atom stereocenters. The Bertz CT molecular complexity index is 698. The fraction of sp³-hybridized carbons (Fsp3) is 0.636. The lowest BCUT2D eigenvalue weighted by Gasteiger charge is -2.63. The number of aliphatic carboxylic acids is 1. The number of rotatable bonds is 7. The van der Waals surface area contributed by atoms with E-state index in [1.165, 1.54) is 19.3 Å². The van der Waals surface area contributed by atoms with Gasteiger partial charge in [-0.05, 0) is 44.1 Å². The Morgan fingerprint density at radius 1 is 1.25 bits per heavy atom. The van der Waals surface area contributed by atoms with Crippen molar-refractivity contribution in [3.63, 3.8) is 0 Å². The average molecular weight is 386 g/mol. The molecule has 1 saturated carbocycles. The number of hydrogen-bond acceptors (Lipinski definition) is 3. The molecule has 2 heterocycles. The van der Waals surface area contributed by atoms with Crippen LogP contribution in [-0.2, 0) is 16.0 Å². The van der Waals surface area contributed by atoms with Crippen molar-refractivity contribution >= 4 is 12.0 Å². The van der Waals surface area contributed by atoms with E-state index in [1.807, 2.05) is 35.2 Å². The number of carboxylic acid groups (broad SMARTS) is 1. The molecule has 1 aromatic rings. The lowest BCUT2D eigenvalue weighted by Crippen LogP contribution is -2.74. The first-order chi connectivity index (χ1) is 13.6. The summed E-state index contributed by atoms with van der Waals surface area (Å²) in [6.07, 6.45) is 7.01. The molecule has 3 aliphatic rings. The van der Waals surface area contributed by atoms with E-state index in [9.17, 15) is 9.59 Å². The van der Waals surface area contributed by atoms with Crippen molar-refractivity contribution in [2.75, 3.05) is 13.2 Å². The molecule has 2 N–H and O–H groups in total. The number of nitrogens with one attached hydrogen (secondary N) is 1. The number of benzene rings is 1. The molecule has 3 fully saturated rings. The summed E-state index contributed by atoms with van der Waals surface area (Å²) in [6.45, 7) is 1.60. The van der Waals surface area contributed by atoms with E-state index < -0.39 is 5.97 Å². The van der Waals surface area contributed by atoms with Crippen molar-refractivity contribution < 1.29 is 19.4 Å². The number of amides is 2. The van der Waals surface area contributed by atoms with Crippen LogP contribution >= 0.6 is 0 Å². The number of carbonyl (C=O) groups is 2. The van der Waals surface area contributed by atoms with Gasteiger partial charge in [-0.15, -0.1) is 0 Å². The van der Waals surface area contributed by atoms with Gasteiger partial charge in [0.15, 0.2) is 0 Å². The van der Waals surface area contributed by atoms with Crippen molar-refractivity contribution in [3.8, 4) is 0 Å². The minimum Gasteiger partial charge on any atom is -0.481 e. The van der Waals surface area contributed by atoms with E-state index in [0.29, 0.717) is 12.8 Å². The Labute approximate surface area is 166 Å². The van der Waals surface area contributed by atoms with E-state index >= 15 is 0 Å². The summed E-state index contributed by atoms with van der Waals surface area (Å²) in [5.41, 5.74) is 1.37. The maximum Gasteiger partial charge on any atom is 0.318 e. The smallest absolute Gasteiger partial charge is 0.318 e. The Balaban J connectivity index is 1.41. The molecule has 4 rings (SSSR count). The highest BCUT2D eigenvalue weighted by Gasteiger charge is 2.60. The van der Waals surface area contributed by atoms with Crippen LogP contribution in [0.3, 0.4) is 0 Å². The van der Waals surface area contributed by atoms with Crippen molar-refractivity contribution in [3.05, 3.63) is 35.9 Å². The van der Waals surface area contributed by atoms with E-state index in [2.05, 4.69) is 5.32 Å². The zero-order valence-corrected chi connectivity index (χ0v) is 16.3. The first-order valence-electron chi connectivity index (χ1n) is 10.5. The summed E-state index contributed by atoms with van der Waals surface area (Å²) < 4.78 is 5.95. The number of urea groups is 1. The lowest BCUT2D eigenvalue weighted by molar-refractivity contribution is -0.148. The van der Waals surface area contributed by atoms with Crippen LogP contribution in [0.25, 0.3) is 0 Å². The second-order valence-electron chi connectivity index (χ2n) is 8.61. The molecule has 28 heavy (non-hydrogen) atoms. The first-order valence-corrected chi connectivity index (χ1v) is 10.5. The molecule has 0 radical (unpaired) electrons. The molecule has 1 aromatic carbocycles. The summed E-state index contributed by atoms with van der Waals surface area (Å²) >= 11 is 0. The first kappa shape index (κ1) is 19.2. The third-order valence-corrected chi connectivity index (χ3v) is 6.73. The van der Waals surface area contributed by atoms with E-state index in [4.69, 9.17) is 9.84 Å². The summed E-state index contributed by atoms with van der Waals surface area (Å²) in [5, 5.41) is 12.2. The lowest BCUT2D eigenvalue weighted by atomic mass is 9.56. The second-order valence-corrected chi connectivity index (χ2v) is 8.61. The molecule has 2 aliphatic heterocycles. The Kier molecular flexibility index (Phi) is 5.58. The van der Waals surface area contributed by atoms with Crippen LogP contribution in [-0.4, -0.2) is 53.3 Å². The van der Waals surface area contributed by atoms with Crippen molar-refractivity contribution in [2.45, 2.75) is 69.6 Å². The van der Waals surface area contributed by atoms with E-state index in [1.54, 1.807) is 0 Å². The zero-order valence-electron chi connectivity index (χ0n) is 16.3. The molecule has 6 heteroatoms. The molecular weight excluding hydrogens is 356 g/mol. The van der Waals surface area contributed by atoms with Gasteiger partial charge in [0.25, 0.3) is 0 Å². The normalized spacial score (nSPS) is 26.4. The monoisotopic (exact) mass is 386 g/mol. The van der Waals surface area contributed by atoms with Crippen molar-refractivity contribution in [1.82, 2.24) is 10.2 Å². The summed E-state index contributed by atoms with van der Waals surface area (Å²) in [4.78, 5) is 26.1. The minimum absolute atomic E-state index is 0.0525. The van der Waals surface area contributed by atoms with Gasteiger partial charge in [-0.2, -0.15) is 0 Å². The van der Waals surface area contributed by atoms with Crippen LogP contribution in [0.4, 0.5) is 4.79 Å². The van der Waals surface area contributed by atoms with Gasteiger partial charge in [0.2, 0.25) is 0 Å². The number of carboxylic acids is 1. The number of likely N-dealkylation sites (tertiary alicyclic amines) is 1. The van der Waals surface area contributed by atoms with Crippen LogP contribution in [0.5, 0.6) is 0 Å². The third-order valence-electron chi connectivity index (χ3n) is 6.73. The molecule has 3 atom stereocenters. The molecule has 6 nitrogen and oxygen atoms in total. The van der Waals surface area contributed by atoms with Gasteiger partial charge in [0, 0.05) is 31.0 Å². The standard InChI is InChI=1S/C22H30N2O4/c25-19(26)10-9-17(14-16-6-2-1-3-7-16)23-21(27)24-15-22(11-5-12-22)20(24)18-8-4-13-28-18/h1-3,6-7,17-18,20H,4-5,8-15H2,(H,23,27)(H,25,26). The highest BCUT2D eigenvalue weighted by Crippen LogP contribution is 2.55. The highest BCUT2D eigenvalue weighted by atomic mass is 16.5. The average Bonchev–Trinajstić information content (AvgIpc) is 3.12. The van der Waals surface area contributed by atoms with Gasteiger partial charge in [-0.1, -0.05) is 36.8 Å². The zero-order chi connectivity index (χ0) is 19.6. The molecule has 152 valence electrons. The summed E-state index contributed by atoms with van der Waals surface area (Å²) in [7, 11) is 0. The molecule has 1 spiro atoms. The maximum absolute atomic E-state index is 13.1. The van der Waals surface area contributed by atoms with Gasteiger partial charge in [-0.3, -0.25) is 4.79 Å². The SMILES string of the molecule is O=C(O)CCC(Cc1ccccc1)NC(=O)N1CC2(CCC2)C1C1CCCO1. The number of carbonyl (C=O) groups excluding carboxylic acids is 1. The minimum atomic E-state index is -0.832. The Hall–Kier alpha value is -2.08. The third kappa shape index (κ3) is 3.88. The maximum atomic E-state index is 13.1. The Morgan fingerprint density at radius 2 is 2.04 bits per heavy atom. The van der Waals surface area contributed by atoms with Gasteiger partial charge in [0.05, 0.1) is 12.1 Å². The number of nitrogens with zero attached hydrogens (tertiary/aromatic N) is 1. The molecule has 1 aliphatic carbocycles. The van der Waals surface area contributed by atoms with Crippen molar-refractivity contribution in [2.24, 2.45) is 5.41 Å². The van der Waals surface area contributed by atoms with Crippen LogP contribution in [0.15, 0.2) is 30.3 Å². The summed E-state index contributed by atoms with van der Waals surface area (Å²) in [6, 6.07) is 9.85. The number of ether oxygens (including phenoxy) is 1. The van der Waals surface area contributed by atoms with Gasteiger partial charge < -0.3 is 20.1 Å². The quantitative estimate of drug-likeness (QED) is 0.754. The van der Waals surface area contributed by atoms with Gasteiger partial charge in [-0.25, -0.2) is 4.79 Å². The van der Waals surface area contributed by atoms with E-state index in [-0.39, 0.29) is 36.1 Å². The molecular formula is C22H30N2O4. The van der Waals surface area contributed by atoms with Crippen LogP contribution in [0.1, 0.15) is 50.5 Å². The predicted molar refractivity (Wildman–Crippen MR) is 105 cm³/mol. The van der Waals surface area contributed by atoms with Gasteiger partial charge in [0.1, 0.15) is 0 Å². The van der Waals surface area contributed by atoms with Crippen LogP contribution in [0, 0.1) is 5.41 Å². The topological polar surface area (TPSA) is 78.9 Å².